The van der Waals surface area contributed by atoms with Gasteiger partial charge < -0.3 is 21.7 Å². The van der Waals surface area contributed by atoms with Crippen LogP contribution in [0.25, 0.3) is 0 Å². The number of fused-ring (bicyclic) bond motifs is 5. The molecule has 7 atom stereocenters. The van der Waals surface area contributed by atoms with Crippen LogP contribution in [0.2, 0.25) is 0 Å². The lowest BCUT2D eigenvalue weighted by Crippen LogP contribution is -2.54. The summed E-state index contributed by atoms with van der Waals surface area (Å²) in [6.07, 6.45) is 1.10. The van der Waals surface area contributed by atoms with Crippen molar-refractivity contribution in [1.29, 1.82) is 0 Å². The molecule has 2 bridgehead atoms. The first kappa shape index (κ1) is 20.3. The molecule has 0 radical (unpaired) electrons. The van der Waals surface area contributed by atoms with E-state index in [1.165, 1.54) is 0 Å². The molecule has 2 aliphatic heterocycles. The monoisotopic (exact) mass is 406 g/mol. The van der Waals surface area contributed by atoms with E-state index in [0.29, 0.717) is 25.9 Å². The largest absolute Gasteiger partial charge is 0.368 e. The quantitative estimate of drug-likeness (QED) is 0.505. The Morgan fingerprint density at radius 2 is 2.11 bits per heavy atom. The van der Waals surface area contributed by atoms with Gasteiger partial charge in [0.15, 0.2) is 0 Å². The highest BCUT2D eigenvalue weighted by Crippen LogP contribution is 2.61. The zero-order chi connectivity index (χ0) is 18.6. The van der Waals surface area contributed by atoms with Gasteiger partial charge in [-0.1, -0.05) is 0 Å². The fourth-order valence-corrected chi connectivity index (χ4v) is 5.57. The van der Waals surface area contributed by atoms with Crippen molar-refractivity contribution in [3.8, 4) is 0 Å². The summed E-state index contributed by atoms with van der Waals surface area (Å²) in [6.45, 7) is 1.08. The van der Waals surface area contributed by atoms with E-state index < -0.39 is 41.7 Å². The van der Waals surface area contributed by atoms with Crippen molar-refractivity contribution in [2.45, 2.75) is 43.7 Å². The van der Waals surface area contributed by atoms with Crippen LogP contribution in [0.4, 0.5) is 8.78 Å². The summed E-state index contributed by atoms with van der Waals surface area (Å²) in [4.78, 5) is 36.2. The third-order valence-electron chi connectivity index (χ3n) is 6.78. The molecule has 152 valence electrons. The standard InChI is InChI=1S/C17H24F2N4O3.ClH/c18-17(19)5-8-3-10(17)12-9(8)6-22-13(12)16(26)23-11(14(20)24)4-7-1-2-21-15(7)25;/h7-13,22H,1-6H2,(H2,20,24)(H,21,25)(H,23,26);1H/t7-,8-,9+,10-,11-,12+,13-;/m0./s1. The van der Waals surface area contributed by atoms with Crippen LogP contribution in [0.3, 0.4) is 0 Å². The van der Waals surface area contributed by atoms with Crippen LogP contribution < -0.4 is 21.7 Å². The van der Waals surface area contributed by atoms with Crippen molar-refractivity contribution >= 4 is 30.1 Å². The molecule has 10 heteroatoms. The molecule has 0 unspecified atom stereocenters. The second-order valence-electron chi connectivity index (χ2n) is 8.17. The Kier molecular flexibility index (Phi) is 5.37. The number of nitrogens with two attached hydrogens (primary N) is 1. The van der Waals surface area contributed by atoms with E-state index in [-0.39, 0.29) is 48.9 Å². The van der Waals surface area contributed by atoms with Crippen molar-refractivity contribution in [2.24, 2.45) is 35.3 Å². The molecule has 0 aromatic heterocycles. The van der Waals surface area contributed by atoms with E-state index in [2.05, 4.69) is 16.0 Å². The minimum Gasteiger partial charge on any atom is -0.368 e. The number of alkyl halides is 2. The number of rotatable bonds is 5. The van der Waals surface area contributed by atoms with E-state index in [0.717, 1.165) is 0 Å². The zero-order valence-electron chi connectivity index (χ0n) is 14.8. The van der Waals surface area contributed by atoms with E-state index in [4.69, 9.17) is 5.73 Å². The van der Waals surface area contributed by atoms with E-state index in [9.17, 15) is 23.2 Å². The molecule has 5 N–H and O–H groups in total. The number of amides is 3. The summed E-state index contributed by atoms with van der Waals surface area (Å²) in [6, 6.07) is -1.71. The third kappa shape index (κ3) is 3.40. The van der Waals surface area contributed by atoms with Crippen molar-refractivity contribution in [3.05, 3.63) is 0 Å². The molecule has 2 saturated heterocycles. The summed E-state index contributed by atoms with van der Waals surface area (Å²) in [5.74, 6) is -5.58. The molecule has 0 aromatic rings. The number of hydrogen-bond acceptors (Lipinski definition) is 4. The second-order valence-corrected chi connectivity index (χ2v) is 8.17. The maximum absolute atomic E-state index is 14.1. The van der Waals surface area contributed by atoms with Crippen molar-refractivity contribution in [3.63, 3.8) is 0 Å². The number of nitrogens with one attached hydrogen (secondary N) is 3. The topological polar surface area (TPSA) is 113 Å². The third-order valence-corrected chi connectivity index (χ3v) is 6.78. The number of halogens is 3. The van der Waals surface area contributed by atoms with Crippen molar-refractivity contribution in [1.82, 2.24) is 16.0 Å². The van der Waals surface area contributed by atoms with Gasteiger partial charge in [0.2, 0.25) is 17.7 Å². The predicted octanol–water partition coefficient (Wildman–Crippen LogP) is -0.216. The summed E-state index contributed by atoms with van der Waals surface area (Å²) in [7, 11) is 0. The summed E-state index contributed by atoms with van der Waals surface area (Å²) < 4.78 is 28.3. The Morgan fingerprint density at radius 1 is 1.37 bits per heavy atom. The first-order chi connectivity index (χ1) is 12.3. The predicted molar refractivity (Wildman–Crippen MR) is 94.0 cm³/mol. The maximum Gasteiger partial charge on any atom is 0.251 e. The van der Waals surface area contributed by atoms with E-state index in [1.54, 1.807) is 0 Å². The maximum atomic E-state index is 14.1. The van der Waals surface area contributed by atoms with Crippen LogP contribution in [0, 0.1) is 29.6 Å². The van der Waals surface area contributed by atoms with Crippen LogP contribution in [0.5, 0.6) is 0 Å². The van der Waals surface area contributed by atoms with Gasteiger partial charge in [-0.05, 0) is 43.6 Å². The van der Waals surface area contributed by atoms with Gasteiger partial charge in [-0.15, -0.1) is 12.4 Å². The molecule has 3 amide bonds. The fraction of sp³-hybridized carbons (Fsp3) is 0.824. The molecule has 4 rings (SSSR count). The van der Waals surface area contributed by atoms with Crippen LogP contribution in [-0.2, 0) is 14.4 Å². The molecule has 4 aliphatic rings. The minimum absolute atomic E-state index is 0. The van der Waals surface area contributed by atoms with Crippen molar-refractivity contribution < 1.29 is 23.2 Å². The minimum atomic E-state index is -2.72. The highest BCUT2D eigenvalue weighted by atomic mass is 35.5. The number of primary amides is 1. The fourth-order valence-electron chi connectivity index (χ4n) is 5.57. The molecule has 2 aliphatic carbocycles. The SMILES string of the molecule is Cl.NC(=O)[C@H](C[C@@H]1CCNC1=O)NC(=O)[C@H]1NC[C@@H]2[C@H]3C[C@@H]([C@@H]21)C(F)(F)C3. The molecule has 2 saturated carbocycles. The molecular weight excluding hydrogens is 382 g/mol. The van der Waals surface area contributed by atoms with E-state index >= 15 is 0 Å². The van der Waals surface area contributed by atoms with Gasteiger partial charge in [0.1, 0.15) is 6.04 Å². The molecule has 0 spiro atoms. The number of carbonyl (C=O) groups is 3. The second kappa shape index (κ2) is 7.16. The highest BCUT2D eigenvalue weighted by molar-refractivity contribution is 5.90. The van der Waals surface area contributed by atoms with Crippen LogP contribution in [-0.4, -0.2) is 48.8 Å². The summed E-state index contributed by atoms with van der Waals surface area (Å²) in [5.41, 5.74) is 5.39. The number of carbonyl (C=O) groups excluding carboxylic acids is 3. The average molecular weight is 407 g/mol. The van der Waals surface area contributed by atoms with Gasteiger partial charge in [0.25, 0.3) is 5.92 Å². The molecule has 7 nitrogen and oxygen atoms in total. The average Bonchev–Trinajstić information content (AvgIpc) is 3.28. The highest BCUT2D eigenvalue weighted by Gasteiger charge is 2.66. The Bertz CT molecular complexity index is 650. The van der Waals surface area contributed by atoms with Gasteiger partial charge in [-0.2, -0.15) is 0 Å². The first-order valence-electron chi connectivity index (χ1n) is 9.26. The first-order valence-corrected chi connectivity index (χ1v) is 9.26. The van der Waals surface area contributed by atoms with Crippen molar-refractivity contribution in [2.75, 3.05) is 13.1 Å². The van der Waals surface area contributed by atoms with Crippen LogP contribution in [0.15, 0.2) is 0 Å². The zero-order valence-corrected chi connectivity index (χ0v) is 15.6. The Hall–Kier alpha value is -1.48. The Labute approximate surface area is 162 Å². The van der Waals surface area contributed by atoms with Gasteiger partial charge in [-0.25, -0.2) is 8.78 Å². The van der Waals surface area contributed by atoms with Crippen LogP contribution in [0.1, 0.15) is 25.7 Å². The van der Waals surface area contributed by atoms with Gasteiger partial charge in [0.05, 0.1) is 6.04 Å². The van der Waals surface area contributed by atoms with Gasteiger partial charge in [0, 0.05) is 24.8 Å². The normalized spacial score (nSPS) is 39.4. The lowest BCUT2D eigenvalue weighted by Gasteiger charge is -2.33. The summed E-state index contributed by atoms with van der Waals surface area (Å²) >= 11 is 0. The Balaban J connectivity index is 0.00000210. The van der Waals surface area contributed by atoms with E-state index in [1.807, 2.05) is 0 Å². The Morgan fingerprint density at radius 3 is 2.74 bits per heavy atom. The summed E-state index contributed by atoms with van der Waals surface area (Å²) in [5, 5.41) is 8.35. The van der Waals surface area contributed by atoms with Crippen LogP contribution >= 0.6 is 12.4 Å². The lowest BCUT2D eigenvalue weighted by atomic mass is 9.76. The molecule has 2 heterocycles. The molecule has 4 fully saturated rings. The molecule has 0 aromatic carbocycles. The smallest absolute Gasteiger partial charge is 0.251 e. The molecular formula is C17H25ClF2N4O3. The van der Waals surface area contributed by atoms with Gasteiger partial charge in [-0.3, -0.25) is 14.4 Å². The lowest BCUT2D eigenvalue weighted by molar-refractivity contribution is -0.132. The van der Waals surface area contributed by atoms with Gasteiger partial charge >= 0.3 is 0 Å². The number of hydrogen-bond donors (Lipinski definition) is 4. The molecule has 27 heavy (non-hydrogen) atoms.